The first kappa shape index (κ1) is 20.1. The fourth-order valence-corrected chi connectivity index (χ4v) is 3.17. The van der Waals surface area contributed by atoms with E-state index < -0.39 is 0 Å². The van der Waals surface area contributed by atoms with E-state index in [-0.39, 0.29) is 12.5 Å². The number of rotatable bonds is 7. The average molecular weight is 418 g/mol. The van der Waals surface area contributed by atoms with Gasteiger partial charge in [0, 0.05) is 29.7 Å². The minimum absolute atomic E-state index is 0.185. The summed E-state index contributed by atoms with van der Waals surface area (Å²) in [5, 5.41) is 2.78. The number of methoxy groups -OCH3 is 2. The first-order valence-corrected chi connectivity index (χ1v) is 9.55. The zero-order valence-electron chi connectivity index (χ0n) is 17.2. The van der Waals surface area contributed by atoms with Crippen LogP contribution >= 0.6 is 0 Å². The Bertz CT molecular complexity index is 1240. The van der Waals surface area contributed by atoms with E-state index in [4.69, 9.17) is 19.9 Å². The maximum Gasteiger partial charge on any atom is 0.262 e. The molecule has 0 bridgehead atoms. The molecule has 1 amide bonds. The molecule has 0 saturated heterocycles. The Morgan fingerprint density at radius 3 is 2.71 bits per heavy atom. The number of amides is 1. The molecule has 2 aromatic heterocycles. The Labute approximate surface area is 179 Å². The van der Waals surface area contributed by atoms with Gasteiger partial charge < -0.3 is 29.7 Å². The summed E-state index contributed by atoms with van der Waals surface area (Å²) in [7, 11) is 3.09. The van der Waals surface area contributed by atoms with Crippen LogP contribution in [0.1, 0.15) is 0 Å². The van der Waals surface area contributed by atoms with Crippen molar-refractivity contribution < 1.29 is 19.0 Å². The van der Waals surface area contributed by atoms with E-state index in [1.165, 1.54) is 7.11 Å². The van der Waals surface area contributed by atoms with Crippen molar-refractivity contribution in [3.05, 3.63) is 67.0 Å². The second-order valence-electron chi connectivity index (χ2n) is 6.76. The summed E-state index contributed by atoms with van der Waals surface area (Å²) in [6.07, 6.45) is 3.76. The Kier molecular flexibility index (Phi) is 5.61. The molecule has 0 aliphatic rings. The Hall–Kier alpha value is -4.20. The van der Waals surface area contributed by atoms with Gasteiger partial charge in [-0.25, -0.2) is 4.98 Å². The molecule has 0 atom stereocenters. The minimum Gasteiger partial charge on any atom is -0.497 e. The predicted octanol–water partition coefficient (Wildman–Crippen LogP) is 3.62. The van der Waals surface area contributed by atoms with Gasteiger partial charge >= 0.3 is 0 Å². The molecule has 2 heterocycles. The molecule has 0 aliphatic heterocycles. The first-order chi connectivity index (χ1) is 15.1. The number of benzene rings is 2. The lowest BCUT2D eigenvalue weighted by atomic mass is 10.1. The highest BCUT2D eigenvalue weighted by atomic mass is 16.5. The Morgan fingerprint density at radius 1 is 1.06 bits per heavy atom. The number of nitrogens with one attached hydrogen (secondary N) is 1. The molecule has 0 saturated carbocycles. The maximum absolute atomic E-state index is 12.4. The fraction of sp³-hybridized carbons (Fsp3) is 0.130. The smallest absolute Gasteiger partial charge is 0.262 e. The second kappa shape index (κ2) is 8.66. The van der Waals surface area contributed by atoms with Crippen molar-refractivity contribution in [3.8, 4) is 28.5 Å². The van der Waals surface area contributed by atoms with Crippen LogP contribution in [0.3, 0.4) is 0 Å². The highest BCUT2D eigenvalue weighted by Crippen LogP contribution is 2.29. The maximum atomic E-state index is 12.4. The third-order valence-corrected chi connectivity index (χ3v) is 4.67. The second-order valence-corrected chi connectivity index (χ2v) is 6.76. The molecule has 0 aliphatic carbocycles. The number of nitrogens with zero attached hydrogens (tertiary/aromatic N) is 2. The zero-order chi connectivity index (χ0) is 21.8. The fourth-order valence-electron chi connectivity index (χ4n) is 3.17. The van der Waals surface area contributed by atoms with Crippen molar-refractivity contribution in [1.82, 2.24) is 9.38 Å². The number of hydrogen-bond donors (Lipinski definition) is 2. The lowest BCUT2D eigenvalue weighted by molar-refractivity contribution is -0.118. The molecule has 8 nitrogen and oxygen atoms in total. The highest BCUT2D eigenvalue weighted by Gasteiger charge is 2.13. The normalized spacial score (nSPS) is 10.6. The van der Waals surface area contributed by atoms with Gasteiger partial charge in [-0.1, -0.05) is 12.1 Å². The van der Waals surface area contributed by atoms with E-state index in [2.05, 4.69) is 10.3 Å². The first-order valence-electron chi connectivity index (χ1n) is 9.55. The zero-order valence-corrected chi connectivity index (χ0v) is 17.2. The SMILES string of the molecule is COc1ccc(NC(=O)COc2cccn3cc(-c4cccc(N)c4)nc23)c(OC)c1. The number of ether oxygens (including phenoxy) is 3. The summed E-state index contributed by atoms with van der Waals surface area (Å²) in [6.45, 7) is -0.185. The van der Waals surface area contributed by atoms with Crippen LogP contribution in [-0.4, -0.2) is 36.1 Å². The van der Waals surface area contributed by atoms with Gasteiger partial charge in [-0.2, -0.15) is 0 Å². The predicted molar refractivity (Wildman–Crippen MR) is 119 cm³/mol. The number of anilines is 2. The van der Waals surface area contributed by atoms with Gasteiger partial charge in [0.05, 0.1) is 25.6 Å². The topological polar surface area (TPSA) is 100 Å². The Morgan fingerprint density at radius 2 is 1.94 bits per heavy atom. The summed E-state index contributed by atoms with van der Waals surface area (Å²) in [5.74, 6) is 1.30. The third-order valence-electron chi connectivity index (χ3n) is 4.67. The molecule has 4 rings (SSSR count). The highest BCUT2D eigenvalue weighted by molar-refractivity contribution is 5.93. The van der Waals surface area contributed by atoms with Crippen LogP contribution in [-0.2, 0) is 4.79 Å². The van der Waals surface area contributed by atoms with Crippen LogP contribution in [0.15, 0.2) is 67.0 Å². The number of carbonyl (C=O) groups is 1. The van der Waals surface area contributed by atoms with E-state index in [1.54, 1.807) is 31.4 Å². The summed E-state index contributed by atoms with van der Waals surface area (Å²) in [4.78, 5) is 17.1. The van der Waals surface area contributed by atoms with Gasteiger partial charge in [0.15, 0.2) is 18.0 Å². The number of imidazole rings is 1. The number of nitrogens with two attached hydrogens (primary N) is 1. The summed E-state index contributed by atoms with van der Waals surface area (Å²) >= 11 is 0. The van der Waals surface area contributed by atoms with Crippen molar-refractivity contribution in [3.63, 3.8) is 0 Å². The number of hydrogen-bond acceptors (Lipinski definition) is 6. The lowest BCUT2D eigenvalue weighted by Gasteiger charge is -2.12. The molecule has 0 radical (unpaired) electrons. The van der Waals surface area contributed by atoms with Crippen LogP contribution in [0.2, 0.25) is 0 Å². The van der Waals surface area contributed by atoms with E-state index in [0.29, 0.717) is 34.3 Å². The molecule has 2 aromatic carbocycles. The largest absolute Gasteiger partial charge is 0.497 e. The summed E-state index contributed by atoms with van der Waals surface area (Å²) in [5.41, 5.74) is 9.34. The van der Waals surface area contributed by atoms with Crippen LogP contribution in [0.25, 0.3) is 16.9 Å². The van der Waals surface area contributed by atoms with Gasteiger partial charge in [-0.05, 0) is 36.4 Å². The van der Waals surface area contributed by atoms with E-state index >= 15 is 0 Å². The molecule has 3 N–H and O–H groups in total. The molecule has 158 valence electrons. The average Bonchev–Trinajstić information content (AvgIpc) is 3.23. The van der Waals surface area contributed by atoms with Crippen molar-refractivity contribution in [2.45, 2.75) is 0 Å². The van der Waals surface area contributed by atoms with Crippen molar-refractivity contribution in [1.29, 1.82) is 0 Å². The van der Waals surface area contributed by atoms with Gasteiger partial charge in [0.25, 0.3) is 5.91 Å². The van der Waals surface area contributed by atoms with Gasteiger partial charge in [0.1, 0.15) is 11.5 Å². The third kappa shape index (κ3) is 4.37. The van der Waals surface area contributed by atoms with Crippen molar-refractivity contribution in [2.24, 2.45) is 0 Å². The van der Waals surface area contributed by atoms with Crippen LogP contribution in [0, 0.1) is 0 Å². The molecular formula is C23H22N4O4. The molecule has 31 heavy (non-hydrogen) atoms. The number of aromatic nitrogens is 2. The van der Waals surface area contributed by atoms with Gasteiger partial charge in [-0.3, -0.25) is 4.79 Å². The summed E-state index contributed by atoms with van der Waals surface area (Å²) < 4.78 is 18.1. The van der Waals surface area contributed by atoms with E-state index in [0.717, 1.165) is 11.3 Å². The molecule has 0 unspecified atom stereocenters. The molecular weight excluding hydrogens is 396 g/mol. The van der Waals surface area contributed by atoms with Gasteiger partial charge in [0.2, 0.25) is 0 Å². The molecule has 4 aromatic rings. The van der Waals surface area contributed by atoms with Crippen molar-refractivity contribution in [2.75, 3.05) is 31.9 Å². The van der Waals surface area contributed by atoms with Crippen LogP contribution < -0.4 is 25.3 Å². The lowest BCUT2D eigenvalue weighted by Crippen LogP contribution is -2.20. The Balaban J connectivity index is 1.50. The van der Waals surface area contributed by atoms with Crippen molar-refractivity contribution >= 4 is 22.9 Å². The number of nitrogen functional groups attached to an aromatic ring is 1. The minimum atomic E-state index is -0.326. The molecule has 0 fully saturated rings. The summed E-state index contributed by atoms with van der Waals surface area (Å²) in [6, 6.07) is 16.2. The van der Waals surface area contributed by atoms with Crippen LogP contribution in [0.4, 0.5) is 11.4 Å². The quantitative estimate of drug-likeness (QED) is 0.445. The van der Waals surface area contributed by atoms with E-state index in [9.17, 15) is 4.79 Å². The number of carbonyl (C=O) groups excluding carboxylic acids is 1. The molecule has 0 spiro atoms. The monoisotopic (exact) mass is 418 g/mol. The standard InChI is InChI=1S/C23H22N4O4/c1-29-17-8-9-18(21(12-17)30-2)25-22(28)14-31-20-7-4-10-27-13-19(26-23(20)27)15-5-3-6-16(24)11-15/h3-13H,14,24H2,1-2H3,(H,25,28). The molecule has 8 heteroatoms. The number of pyridine rings is 1. The van der Waals surface area contributed by atoms with E-state index in [1.807, 2.05) is 47.1 Å². The van der Waals surface area contributed by atoms with Crippen LogP contribution in [0.5, 0.6) is 17.2 Å². The van der Waals surface area contributed by atoms with Gasteiger partial charge in [-0.15, -0.1) is 0 Å². The number of fused-ring (bicyclic) bond motifs is 1.